The number of thiazole rings is 1. The molecule has 3 heteroatoms. The number of aryl methyl sites for hydroxylation is 2. The van der Waals surface area contributed by atoms with Gasteiger partial charge in [0.05, 0.1) is 11.7 Å². The number of anilines is 1. The molecule has 0 bridgehead atoms. The van der Waals surface area contributed by atoms with Crippen molar-refractivity contribution in [2.75, 3.05) is 5.32 Å². The van der Waals surface area contributed by atoms with E-state index in [9.17, 15) is 0 Å². The van der Waals surface area contributed by atoms with Gasteiger partial charge in [0, 0.05) is 4.88 Å². The fourth-order valence-electron chi connectivity index (χ4n) is 2.31. The van der Waals surface area contributed by atoms with Crippen molar-refractivity contribution in [3.8, 4) is 0 Å². The summed E-state index contributed by atoms with van der Waals surface area (Å²) < 4.78 is 0. The Morgan fingerprint density at radius 3 is 1.81 bits per heavy atom. The maximum atomic E-state index is 4.61. The van der Waals surface area contributed by atoms with Gasteiger partial charge in [0.1, 0.15) is 0 Å². The second-order valence-corrected chi connectivity index (χ2v) is 6.26. The molecule has 0 radical (unpaired) electrons. The molecule has 1 heterocycles. The topological polar surface area (TPSA) is 24.9 Å². The maximum absolute atomic E-state index is 4.61. The lowest BCUT2D eigenvalue weighted by molar-refractivity contribution is 0.933. The highest BCUT2D eigenvalue weighted by atomic mass is 32.1. The summed E-state index contributed by atoms with van der Waals surface area (Å²) in [7, 11) is 0. The van der Waals surface area contributed by atoms with Crippen LogP contribution in [-0.4, -0.2) is 4.98 Å². The van der Waals surface area contributed by atoms with Crippen LogP contribution < -0.4 is 5.32 Å². The summed E-state index contributed by atoms with van der Waals surface area (Å²) in [6.07, 6.45) is 0. The average molecular weight is 294 g/mol. The Morgan fingerprint density at radius 1 is 0.857 bits per heavy atom. The zero-order valence-corrected chi connectivity index (χ0v) is 13.0. The lowest BCUT2D eigenvalue weighted by Gasteiger charge is -2.19. The highest BCUT2D eigenvalue weighted by Crippen LogP contribution is 2.29. The summed E-state index contributed by atoms with van der Waals surface area (Å²) in [6.45, 7) is 4.16. The van der Waals surface area contributed by atoms with Crippen LogP contribution in [0.4, 0.5) is 5.13 Å². The van der Waals surface area contributed by atoms with Gasteiger partial charge in [0.25, 0.3) is 0 Å². The van der Waals surface area contributed by atoms with Gasteiger partial charge in [-0.05, 0) is 25.0 Å². The minimum Gasteiger partial charge on any atom is -0.351 e. The summed E-state index contributed by atoms with van der Waals surface area (Å²) in [6, 6.07) is 21.1. The van der Waals surface area contributed by atoms with Gasteiger partial charge in [0.15, 0.2) is 5.13 Å². The molecule has 21 heavy (non-hydrogen) atoms. The molecule has 1 N–H and O–H groups in total. The number of benzene rings is 2. The van der Waals surface area contributed by atoms with Crippen LogP contribution in [0.3, 0.4) is 0 Å². The smallest absolute Gasteiger partial charge is 0.183 e. The second-order valence-electron chi connectivity index (χ2n) is 5.06. The van der Waals surface area contributed by atoms with Gasteiger partial charge < -0.3 is 5.32 Å². The number of aromatic nitrogens is 1. The quantitative estimate of drug-likeness (QED) is 0.735. The molecule has 0 atom stereocenters. The summed E-state index contributed by atoms with van der Waals surface area (Å²) >= 11 is 1.71. The maximum Gasteiger partial charge on any atom is 0.183 e. The third kappa shape index (κ3) is 3.14. The molecule has 0 saturated heterocycles. The predicted octanol–water partition coefficient (Wildman–Crippen LogP) is 4.96. The molecule has 1 aromatic heterocycles. The molecule has 3 rings (SSSR count). The van der Waals surface area contributed by atoms with Gasteiger partial charge in [-0.25, -0.2) is 4.98 Å². The zero-order valence-electron chi connectivity index (χ0n) is 12.2. The molecule has 0 fully saturated rings. The standard InChI is InChI=1S/C18H18N2S/c1-13-14(2)21-18(19-13)20-17(15-9-5-3-6-10-15)16-11-7-4-8-12-16/h3-12,17H,1-2H3,(H,19,20). The molecule has 0 spiro atoms. The van der Waals surface area contributed by atoms with Gasteiger partial charge in [-0.1, -0.05) is 60.7 Å². The normalized spacial score (nSPS) is 10.8. The van der Waals surface area contributed by atoms with Gasteiger partial charge in [-0.15, -0.1) is 11.3 Å². The monoisotopic (exact) mass is 294 g/mol. The highest BCUT2D eigenvalue weighted by molar-refractivity contribution is 7.15. The third-order valence-corrected chi connectivity index (χ3v) is 4.57. The molecule has 0 aliphatic heterocycles. The SMILES string of the molecule is Cc1nc(NC(c2ccccc2)c2ccccc2)sc1C. The number of nitrogens with zero attached hydrogens (tertiary/aromatic N) is 1. The Hall–Kier alpha value is -2.13. The third-order valence-electron chi connectivity index (χ3n) is 3.56. The average Bonchev–Trinajstić information content (AvgIpc) is 2.85. The molecule has 106 valence electrons. The lowest BCUT2D eigenvalue weighted by Crippen LogP contribution is -2.12. The van der Waals surface area contributed by atoms with Crippen molar-refractivity contribution in [2.45, 2.75) is 19.9 Å². The van der Waals surface area contributed by atoms with Crippen LogP contribution in [0.15, 0.2) is 60.7 Å². The van der Waals surface area contributed by atoms with Gasteiger partial charge in [0.2, 0.25) is 0 Å². The van der Waals surface area contributed by atoms with E-state index < -0.39 is 0 Å². The molecular formula is C18H18N2S. The van der Waals surface area contributed by atoms with Crippen molar-refractivity contribution in [3.63, 3.8) is 0 Å². The fraction of sp³-hybridized carbons (Fsp3) is 0.167. The minimum absolute atomic E-state index is 0.123. The minimum atomic E-state index is 0.123. The molecule has 3 aromatic rings. The Morgan fingerprint density at radius 2 is 1.38 bits per heavy atom. The van der Waals surface area contributed by atoms with Crippen LogP contribution >= 0.6 is 11.3 Å². The molecular weight excluding hydrogens is 276 g/mol. The molecule has 0 amide bonds. The number of rotatable bonds is 4. The summed E-state index contributed by atoms with van der Waals surface area (Å²) in [5.41, 5.74) is 3.59. The van der Waals surface area contributed by atoms with E-state index in [0.717, 1.165) is 10.8 Å². The number of nitrogens with one attached hydrogen (secondary N) is 1. The first-order chi connectivity index (χ1) is 10.2. The summed E-state index contributed by atoms with van der Waals surface area (Å²) in [5, 5.41) is 4.56. The number of hydrogen-bond acceptors (Lipinski definition) is 3. The zero-order chi connectivity index (χ0) is 14.7. The lowest BCUT2D eigenvalue weighted by atomic mass is 9.99. The van der Waals surface area contributed by atoms with Gasteiger partial charge in [-0.2, -0.15) is 0 Å². The van der Waals surface area contributed by atoms with Crippen LogP contribution in [0.25, 0.3) is 0 Å². The molecule has 2 aromatic carbocycles. The van der Waals surface area contributed by atoms with E-state index >= 15 is 0 Å². The van der Waals surface area contributed by atoms with Crippen LogP contribution in [0.1, 0.15) is 27.7 Å². The molecule has 0 unspecified atom stereocenters. The van der Waals surface area contributed by atoms with Crippen molar-refractivity contribution in [1.82, 2.24) is 4.98 Å². The molecule has 0 aliphatic carbocycles. The Balaban J connectivity index is 1.97. The van der Waals surface area contributed by atoms with Crippen molar-refractivity contribution >= 4 is 16.5 Å². The van der Waals surface area contributed by atoms with E-state index in [1.807, 2.05) is 12.1 Å². The van der Waals surface area contributed by atoms with Crippen LogP contribution in [0.5, 0.6) is 0 Å². The summed E-state index contributed by atoms with van der Waals surface area (Å²) in [5.74, 6) is 0. The van der Waals surface area contributed by atoms with Gasteiger partial charge >= 0.3 is 0 Å². The second kappa shape index (κ2) is 6.10. The summed E-state index contributed by atoms with van der Waals surface area (Å²) in [4.78, 5) is 5.87. The van der Waals surface area contributed by atoms with Crippen LogP contribution in [0.2, 0.25) is 0 Å². The van der Waals surface area contributed by atoms with Crippen molar-refractivity contribution in [2.24, 2.45) is 0 Å². The van der Waals surface area contributed by atoms with Crippen LogP contribution in [-0.2, 0) is 0 Å². The van der Waals surface area contributed by atoms with Crippen molar-refractivity contribution in [3.05, 3.63) is 82.4 Å². The van der Waals surface area contributed by atoms with Gasteiger partial charge in [-0.3, -0.25) is 0 Å². The molecule has 0 aliphatic rings. The first kappa shape index (κ1) is 13.8. The fourth-order valence-corrected chi connectivity index (χ4v) is 3.15. The van der Waals surface area contributed by atoms with E-state index in [1.54, 1.807) is 11.3 Å². The Kier molecular flexibility index (Phi) is 4.02. The van der Waals surface area contributed by atoms with E-state index in [-0.39, 0.29) is 6.04 Å². The first-order valence-electron chi connectivity index (χ1n) is 7.04. The Bertz CT molecular complexity index is 646. The Labute approximate surface area is 129 Å². The van der Waals surface area contributed by atoms with Crippen LogP contribution in [0, 0.1) is 13.8 Å². The molecule has 2 nitrogen and oxygen atoms in total. The highest BCUT2D eigenvalue weighted by Gasteiger charge is 2.15. The largest absolute Gasteiger partial charge is 0.351 e. The number of hydrogen-bond donors (Lipinski definition) is 1. The first-order valence-corrected chi connectivity index (χ1v) is 7.86. The van der Waals surface area contributed by atoms with E-state index in [0.29, 0.717) is 0 Å². The van der Waals surface area contributed by atoms with E-state index in [4.69, 9.17) is 0 Å². The van der Waals surface area contributed by atoms with Crippen molar-refractivity contribution in [1.29, 1.82) is 0 Å². The van der Waals surface area contributed by atoms with Crippen molar-refractivity contribution < 1.29 is 0 Å². The van der Waals surface area contributed by atoms with E-state index in [2.05, 4.69) is 72.7 Å². The predicted molar refractivity (Wildman–Crippen MR) is 89.9 cm³/mol. The molecule has 0 saturated carbocycles. The van der Waals surface area contributed by atoms with E-state index in [1.165, 1.54) is 16.0 Å².